The van der Waals surface area contributed by atoms with Gasteiger partial charge in [0, 0.05) is 11.1 Å². The lowest BCUT2D eigenvalue weighted by Gasteiger charge is -2.07. The topological polar surface area (TPSA) is 130 Å². The molecular weight excluding hydrogens is 268 g/mol. The number of hydrogen-bond acceptors (Lipinski definition) is 5. The molecule has 0 atom stereocenters. The number of nitrogens with one attached hydrogen (secondary N) is 1. The second-order valence-electron chi connectivity index (χ2n) is 3.97. The maximum absolute atomic E-state index is 11.8. The van der Waals surface area contributed by atoms with Crippen molar-refractivity contribution in [3.05, 3.63) is 39.5 Å². The molecule has 1 rings (SSSR count). The number of carboxylic acids is 1. The predicted molar refractivity (Wildman–Crippen MR) is 69.4 cm³/mol. The Hall–Kier alpha value is -2.90. The summed E-state index contributed by atoms with van der Waals surface area (Å²) in [6, 6.07) is 3.22. The van der Waals surface area contributed by atoms with E-state index in [4.69, 9.17) is 5.11 Å². The average molecular weight is 280 g/mol. The van der Waals surface area contributed by atoms with Gasteiger partial charge in [-0.3, -0.25) is 14.9 Å². The first-order valence-electron chi connectivity index (χ1n) is 5.43. The lowest BCUT2D eigenvalue weighted by atomic mass is 10.1. The Morgan fingerprint density at radius 2 is 1.85 bits per heavy atom. The van der Waals surface area contributed by atoms with Crippen LogP contribution in [-0.4, -0.2) is 27.0 Å². The number of rotatable bonds is 4. The molecule has 0 fully saturated rings. The molecule has 0 unspecified atom stereocenters. The van der Waals surface area contributed by atoms with Gasteiger partial charge < -0.3 is 15.5 Å². The Morgan fingerprint density at radius 1 is 1.25 bits per heavy atom. The summed E-state index contributed by atoms with van der Waals surface area (Å²) in [6.07, 6.45) is 0. The van der Waals surface area contributed by atoms with Gasteiger partial charge in [-0.05, 0) is 26.0 Å². The Morgan fingerprint density at radius 3 is 2.35 bits per heavy atom. The lowest BCUT2D eigenvalue weighted by Crippen LogP contribution is -2.17. The minimum Gasteiger partial charge on any atom is -0.508 e. The molecule has 1 amide bonds. The second kappa shape index (κ2) is 5.83. The van der Waals surface area contributed by atoms with Crippen LogP contribution in [0.15, 0.2) is 29.3 Å². The van der Waals surface area contributed by atoms with Crippen LogP contribution in [0.3, 0.4) is 0 Å². The molecule has 20 heavy (non-hydrogen) atoms. The molecule has 0 bridgehead atoms. The smallest absolute Gasteiger partial charge is 0.331 e. The number of nitro groups is 1. The van der Waals surface area contributed by atoms with Crippen LogP contribution in [0.4, 0.5) is 11.4 Å². The van der Waals surface area contributed by atoms with E-state index in [2.05, 4.69) is 5.32 Å². The molecule has 1 aromatic rings. The molecule has 106 valence electrons. The minimum atomic E-state index is -1.25. The minimum absolute atomic E-state index is 0.0696. The van der Waals surface area contributed by atoms with Gasteiger partial charge in [0.25, 0.3) is 11.6 Å². The van der Waals surface area contributed by atoms with Crippen LogP contribution in [0.2, 0.25) is 0 Å². The van der Waals surface area contributed by atoms with Crippen molar-refractivity contribution < 1.29 is 24.7 Å². The summed E-state index contributed by atoms with van der Waals surface area (Å²) in [7, 11) is 0. The fraction of sp³-hybridized carbons (Fsp3) is 0.167. The Bertz CT molecular complexity index is 620. The number of carbonyl (C=O) groups excluding carboxylic acids is 1. The van der Waals surface area contributed by atoms with E-state index in [1.54, 1.807) is 0 Å². The molecule has 3 N–H and O–H groups in total. The van der Waals surface area contributed by atoms with E-state index in [1.807, 2.05) is 0 Å². The van der Waals surface area contributed by atoms with E-state index in [1.165, 1.54) is 19.9 Å². The lowest BCUT2D eigenvalue weighted by molar-refractivity contribution is -0.384. The molecule has 0 heterocycles. The molecule has 0 saturated carbocycles. The number of aliphatic carboxylic acids is 1. The molecule has 0 aliphatic rings. The van der Waals surface area contributed by atoms with Gasteiger partial charge in [0.05, 0.1) is 11.0 Å². The van der Waals surface area contributed by atoms with Gasteiger partial charge >= 0.3 is 5.97 Å². The summed E-state index contributed by atoms with van der Waals surface area (Å²) in [5, 5.41) is 31.0. The number of carbonyl (C=O) groups is 2. The first-order valence-corrected chi connectivity index (χ1v) is 5.43. The Labute approximate surface area is 113 Å². The third kappa shape index (κ3) is 3.31. The number of phenolic OH excluding ortho intramolecular Hbond substituents is 1. The van der Waals surface area contributed by atoms with Crippen LogP contribution < -0.4 is 5.32 Å². The normalized spacial score (nSPS) is 11.5. The standard InChI is InChI=1S/C12H12N2O6/c1-6(7(2)12(17)18)11(16)13-9-4-3-8(15)5-10(9)14(19)20/h3-5,15H,1-2H3,(H,13,16)(H,17,18). The molecule has 0 saturated heterocycles. The third-order valence-electron chi connectivity index (χ3n) is 2.65. The summed E-state index contributed by atoms with van der Waals surface area (Å²) < 4.78 is 0. The van der Waals surface area contributed by atoms with E-state index in [-0.39, 0.29) is 22.6 Å². The van der Waals surface area contributed by atoms with Crippen molar-refractivity contribution in [2.75, 3.05) is 5.32 Å². The van der Waals surface area contributed by atoms with Crippen LogP contribution in [0.25, 0.3) is 0 Å². The number of amides is 1. The number of aromatic hydroxyl groups is 1. The van der Waals surface area contributed by atoms with Crippen molar-refractivity contribution in [3.8, 4) is 5.75 Å². The van der Waals surface area contributed by atoms with Gasteiger partial charge in [0.1, 0.15) is 11.4 Å². The molecule has 0 spiro atoms. The summed E-state index contributed by atoms with van der Waals surface area (Å²) in [5.41, 5.74) is -0.849. The van der Waals surface area contributed by atoms with Crippen molar-refractivity contribution in [2.24, 2.45) is 0 Å². The second-order valence-corrected chi connectivity index (χ2v) is 3.97. The first kappa shape index (κ1) is 15.2. The van der Waals surface area contributed by atoms with E-state index in [9.17, 15) is 24.8 Å². The molecular formula is C12H12N2O6. The van der Waals surface area contributed by atoms with Gasteiger partial charge in [-0.1, -0.05) is 0 Å². The maximum Gasteiger partial charge on any atom is 0.331 e. The van der Waals surface area contributed by atoms with Crippen LogP contribution in [0, 0.1) is 10.1 Å². The van der Waals surface area contributed by atoms with Gasteiger partial charge in [-0.25, -0.2) is 4.79 Å². The molecule has 0 radical (unpaired) electrons. The Kier molecular flexibility index (Phi) is 4.42. The zero-order valence-electron chi connectivity index (χ0n) is 10.7. The fourth-order valence-corrected chi connectivity index (χ4v) is 1.32. The zero-order valence-corrected chi connectivity index (χ0v) is 10.7. The van der Waals surface area contributed by atoms with Gasteiger partial charge in [-0.2, -0.15) is 0 Å². The van der Waals surface area contributed by atoms with Crippen LogP contribution in [0.5, 0.6) is 5.75 Å². The Balaban J connectivity index is 3.12. The van der Waals surface area contributed by atoms with Gasteiger partial charge in [0.2, 0.25) is 0 Å². The highest BCUT2D eigenvalue weighted by Crippen LogP contribution is 2.28. The number of carboxylic acid groups (broad SMARTS) is 1. The van der Waals surface area contributed by atoms with Crippen molar-refractivity contribution in [2.45, 2.75) is 13.8 Å². The van der Waals surface area contributed by atoms with Gasteiger partial charge in [0.15, 0.2) is 0 Å². The number of nitrogens with zero attached hydrogens (tertiary/aromatic N) is 1. The van der Waals surface area contributed by atoms with Crippen LogP contribution in [-0.2, 0) is 9.59 Å². The highest BCUT2D eigenvalue weighted by molar-refractivity contribution is 6.08. The summed E-state index contributed by atoms with van der Waals surface area (Å²) in [4.78, 5) is 32.6. The number of benzene rings is 1. The van der Waals surface area contributed by atoms with Crippen molar-refractivity contribution >= 4 is 23.3 Å². The summed E-state index contributed by atoms with van der Waals surface area (Å²) in [6.45, 7) is 2.55. The SMILES string of the molecule is CC(C(=O)O)=C(C)C(=O)Nc1ccc(O)cc1[N+](=O)[O-]. The van der Waals surface area contributed by atoms with Gasteiger partial charge in [-0.15, -0.1) is 0 Å². The van der Waals surface area contributed by atoms with E-state index in [0.29, 0.717) is 0 Å². The third-order valence-corrected chi connectivity index (χ3v) is 2.65. The zero-order chi connectivity index (χ0) is 15.4. The number of anilines is 1. The summed E-state index contributed by atoms with van der Waals surface area (Å²) in [5.74, 6) is -2.33. The van der Waals surface area contributed by atoms with E-state index in [0.717, 1.165) is 12.1 Å². The molecule has 0 aliphatic carbocycles. The van der Waals surface area contributed by atoms with Crippen LogP contribution >= 0.6 is 0 Å². The van der Waals surface area contributed by atoms with E-state index >= 15 is 0 Å². The summed E-state index contributed by atoms with van der Waals surface area (Å²) >= 11 is 0. The molecule has 8 heteroatoms. The fourth-order valence-electron chi connectivity index (χ4n) is 1.32. The van der Waals surface area contributed by atoms with Crippen molar-refractivity contribution in [1.82, 2.24) is 0 Å². The number of hydrogen-bond donors (Lipinski definition) is 3. The highest BCUT2D eigenvalue weighted by Gasteiger charge is 2.19. The molecule has 8 nitrogen and oxygen atoms in total. The van der Waals surface area contributed by atoms with Crippen molar-refractivity contribution in [3.63, 3.8) is 0 Å². The average Bonchev–Trinajstić information content (AvgIpc) is 2.38. The number of phenols is 1. The quantitative estimate of drug-likeness (QED) is 0.333. The number of nitro benzene ring substituents is 1. The maximum atomic E-state index is 11.8. The largest absolute Gasteiger partial charge is 0.508 e. The monoisotopic (exact) mass is 280 g/mol. The van der Waals surface area contributed by atoms with Crippen LogP contribution in [0.1, 0.15) is 13.8 Å². The molecule has 1 aromatic carbocycles. The molecule has 0 aliphatic heterocycles. The molecule has 0 aromatic heterocycles. The van der Waals surface area contributed by atoms with E-state index < -0.39 is 22.5 Å². The van der Waals surface area contributed by atoms with Crippen molar-refractivity contribution in [1.29, 1.82) is 0 Å². The highest BCUT2D eigenvalue weighted by atomic mass is 16.6. The predicted octanol–water partition coefficient (Wildman–Crippen LogP) is 1.66. The first-order chi connectivity index (χ1) is 9.23.